The fourth-order valence-electron chi connectivity index (χ4n) is 2.55. The first-order chi connectivity index (χ1) is 12.3. The molecular formula is C18H17ClN2O3S2. The molecule has 0 bridgehead atoms. The van der Waals surface area contributed by atoms with Crippen molar-refractivity contribution in [1.82, 2.24) is 4.57 Å². The average Bonchev–Trinajstić information content (AvgIpc) is 2.92. The van der Waals surface area contributed by atoms with Crippen LogP contribution in [0.1, 0.15) is 23.7 Å². The topological polar surface area (TPSA) is 68.5 Å². The van der Waals surface area contributed by atoms with E-state index in [1.54, 1.807) is 42.5 Å². The van der Waals surface area contributed by atoms with E-state index in [2.05, 4.69) is 4.99 Å². The molecule has 0 spiro atoms. The lowest BCUT2D eigenvalue weighted by atomic mass is 10.2. The summed E-state index contributed by atoms with van der Waals surface area (Å²) in [5.41, 5.74) is 1.32. The molecule has 1 aromatic heterocycles. The Morgan fingerprint density at radius 1 is 1.19 bits per heavy atom. The summed E-state index contributed by atoms with van der Waals surface area (Å²) in [6, 6.07) is 11.5. The van der Waals surface area contributed by atoms with Crippen molar-refractivity contribution in [1.29, 1.82) is 0 Å². The number of hydrogen-bond donors (Lipinski definition) is 0. The van der Waals surface area contributed by atoms with Crippen LogP contribution in [0.15, 0.2) is 52.4 Å². The molecule has 0 unspecified atom stereocenters. The lowest BCUT2D eigenvalue weighted by molar-refractivity contribution is 0.0998. The van der Waals surface area contributed by atoms with Crippen LogP contribution >= 0.6 is 22.9 Å². The number of aryl methyl sites for hydroxylation is 1. The van der Waals surface area contributed by atoms with Crippen LogP contribution in [0.5, 0.6) is 0 Å². The summed E-state index contributed by atoms with van der Waals surface area (Å²) < 4.78 is 26.3. The van der Waals surface area contributed by atoms with Gasteiger partial charge in [0, 0.05) is 23.4 Å². The second-order valence-electron chi connectivity index (χ2n) is 5.86. The van der Waals surface area contributed by atoms with Crippen LogP contribution in [0.25, 0.3) is 10.2 Å². The number of benzene rings is 2. The quantitative estimate of drug-likeness (QED) is 0.657. The minimum absolute atomic E-state index is 0.255. The Balaban J connectivity index is 2.16. The molecule has 8 heteroatoms. The fourth-order valence-corrected chi connectivity index (χ4v) is 4.49. The van der Waals surface area contributed by atoms with Crippen molar-refractivity contribution in [3.05, 3.63) is 57.9 Å². The molecule has 5 nitrogen and oxygen atoms in total. The van der Waals surface area contributed by atoms with Crippen LogP contribution in [0.2, 0.25) is 5.02 Å². The highest BCUT2D eigenvalue weighted by atomic mass is 35.5. The Labute approximate surface area is 160 Å². The summed E-state index contributed by atoms with van der Waals surface area (Å²) >= 11 is 7.16. The Morgan fingerprint density at radius 2 is 1.88 bits per heavy atom. The first kappa shape index (κ1) is 18.8. The highest BCUT2D eigenvalue weighted by Crippen LogP contribution is 2.22. The van der Waals surface area contributed by atoms with Gasteiger partial charge in [-0.05, 0) is 48.9 Å². The van der Waals surface area contributed by atoms with Crippen molar-refractivity contribution in [3.63, 3.8) is 0 Å². The molecule has 3 aromatic rings. The number of nitrogens with zero attached hydrogens (tertiary/aromatic N) is 2. The number of amides is 1. The Morgan fingerprint density at radius 3 is 2.50 bits per heavy atom. The molecular weight excluding hydrogens is 392 g/mol. The number of carbonyl (C=O) groups is 1. The molecule has 136 valence electrons. The minimum atomic E-state index is -3.29. The molecule has 2 aromatic carbocycles. The number of hydrogen-bond acceptors (Lipinski definition) is 4. The van der Waals surface area contributed by atoms with Gasteiger partial charge >= 0.3 is 0 Å². The maximum atomic E-state index is 12.5. The fraction of sp³-hybridized carbons (Fsp3) is 0.222. The van der Waals surface area contributed by atoms with Gasteiger partial charge in [0.05, 0.1) is 15.1 Å². The summed E-state index contributed by atoms with van der Waals surface area (Å²) in [5.74, 6) is -0.360. The van der Waals surface area contributed by atoms with Gasteiger partial charge in [0.15, 0.2) is 14.6 Å². The first-order valence-corrected chi connectivity index (χ1v) is 11.1. The van der Waals surface area contributed by atoms with E-state index in [1.165, 1.54) is 17.6 Å². The molecule has 0 N–H and O–H groups in total. The van der Waals surface area contributed by atoms with Crippen molar-refractivity contribution < 1.29 is 13.2 Å². The van der Waals surface area contributed by atoms with Crippen LogP contribution in [-0.2, 0) is 16.4 Å². The van der Waals surface area contributed by atoms with E-state index in [4.69, 9.17) is 11.6 Å². The van der Waals surface area contributed by atoms with Gasteiger partial charge in [-0.1, -0.05) is 29.9 Å². The lowest BCUT2D eigenvalue weighted by Crippen LogP contribution is -2.16. The SMILES string of the molecule is CCCn1c(=NC(=O)c2ccc(Cl)cc2)sc2cc(S(C)(=O)=O)ccc21. The third kappa shape index (κ3) is 3.90. The van der Waals surface area contributed by atoms with Crippen molar-refractivity contribution in [2.24, 2.45) is 4.99 Å². The van der Waals surface area contributed by atoms with Crippen LogP contribution in [0.4, 0.5) is 0 Å². The largest absolute Gasteiger partial charge is 0.316 e. The van der Waals surface area contributed by atoms with E-state index in [0.29, 0.717) is 21.9 Å². The molecule has 0 aliphatic heterocycles. The van der Waals surface area contributed by atoms with Gasteiger partial charge in [0.1, 0.15) is 0 Å². The molecule has 0 radical (unpaired) electrons. The van der Waals surface area contributed by atoms with E-state index in [9.17, 15) is 13.2 Å². The molecule has 0 aliphatic rings. The first-order valence-electron chi connectivity index (χ1n) is 7.97. The minimum Gasteiger partial charge on any atom is -0.316 e. The van der Waals surface area contributed by atoms with Crippen molar-refractivity contribution in [2.75, 3.05) is 6.26 Å². The van der Waals surface area contributed by atoms with Gasteiger partial charge in [-0.15, -0.1) is 0 Å². The summed E-state index contributed by atoms with van der Waals surface area (Å²) in [5, 5.41) is 0.553. The number of sulfone groups is 1. The van der Waals surface area contributed by atoms with Gasteiger partial charge in [-0.2, -0.15) is 4.99 Å². The number of aromatic nitrogens is 1. The normalized spacial score (nSPS) is 12.7. The van der Waals surface area contributed by atoms with Gasteiger partial charge < -0.3 is 4.57 Å². The van der Waals surface area contributed by atoms with E-state index in [0.717, 1.165) is 16.6 Å². The third-order valence-corrected chi connectivity index (χ3v) is 6.22. The lowest BCUT2D eigenvalue weighted by Gasteiger charge is -2.03. The summed E-state index contributed by atoms with van der Waals surface area (Å²) in [6.07, 6.45) is 2.04. The van der Waals surface area contributed by atoms with Crippen LogP contribution in [-0.4, -0.2) is 25.1 Å². The number of fused-ring (bicyclic) bond motifs is 1. The number of rotatable bonds is 4. The van der Waals surface area contributed by atoms with E-state index in [1.807, 2.05) is 11.5 Å². The van der Waals surface area contributed by atoms with Crippen molar-refractivity contribution in [2.45, 2.75) is 24.8 Å². The van der Waals surface area contributed by atoms with Gasteiger partial charge in [0.25, 0.3) is 5.91 Å². The molecule has 26 heavy (non-hydrogen) atoms. The predicted octanol–water partition coefficient (Wildman–Crippen LogP) is 3.91. The summed E-state index contributed by atoms with van der Waals surface area (Å²) in [6.45, 7) is 2.72. The number of thiazole rings is 1. The van der Waals surface area contributed by atoms with Crippen molar-refractivity contribution >= 4 is 48.9 Å². The number of carbonyl (C=O) groups excluding carboxylic acids is 1. The molecule has 0 aliphatic carbocycles. The number of halogens is 1. The highest BCUT2D eigenvalue weighted by Gasteiger charge is 2.13. The average molecular weight is 409 g/mol. The van der Waals surface area contributed by atoms with Crippen molar-refractivity contribution in [3.8, 4) is 0 Å². The summed E-state index contributed by atoms with van der Waals surface area (Å²) in [7, 11) is -3.29. The van der Waals surface area contributed by atoms with Crippen LogP contribution in [0.3, 0.4) is 0 Å². The maximum Gasteiger partial charge on any atom is 0.279 e. The van der Waals surface area contributed by atoms with E-state index in [-0.39, 0.29) is 10.8 Å². The molecule has 0 atom stereocenters. The van der Waals surface area contributed by atoms with E-state index >= 15 is 0 Å². The highest BCUT2D eigenvalue weighted by molar-refractivity contribution is 7.90. The van der Waals surface area contributed by atoms with Gasteiger partial charge in [0.2, 0.25) is 0 Å². The Kier molecular flexibility index (Phi) is 5.32. The molecule has 3 rings (SSSR count). The standard InChI is InChI=1S/C18H17ClN2O3S2/c1-3-10-21-15-9-8-14(26(2,23)24)11-16(15)25-18(21)20-17(22)12-4-6-13(19)7-5-12/h4-9,11H,3,10H2,1-2H3. The molecule has 1 amide bonds. The zero-order valence-electron chi connectivity index (χ0n) is 14.3. The Hall–Kier alpha value is -1.96. The smallest absolute Gasteiger partial charge is 0.279 e. The summed E-state index contributed by atoms with van der Waals surface area (Å²) in [4.78, 5) is 17.5. The second kappa shape index (κ2) is 7.34. The molecule has 0 saturated heterocycles. The van der Waals surface area contributed by atoms with E-state index < -0.39 is 9.84 Å². The molecule has 0 saturated carbocycles. The van der Waals surface area contributed by atoms with Crippen LogP contribution < -0.4 is 4.80 Å². The molecule has 0 fully saturated rings. The van der Waals surface area contributed by atoms with Crippen LogP contribution in [0, 0.1) is 0 Å². The zero-order valence-corrected chi connectivity index (χ0v) is 16.7. The monoisotopic (exact) mass is 408 g/mol. The third-order valence-electron chi connectivity index (χ3n) is 3.82. The predicted molar refractivity (Wildman–Crippen MR) is 105 cm³/mol. The van der Waals surface area contributed by atoms with Gasteiger partial charge in [-0.25, -0.2) is 8.42 Å². The molecule has 1 heterocycles. The van der Waals surface area contributed by atoms with Gasteiger partial charge in [-0.3, -0.25) is 4.79 Å². The zero-order chi connectivity index (χ0) is 18.9. The second-order valence-corrected chi connectivity index (χ2v) is 9.32. The maximum absolute atomic E-state index is 12.5. The Bertz CT molecular complexity index is 1140.